The highest BCUT2D eigenvalue weighted by molar-refractivity contribution is 9.10. The second-order valence-corrected chi connectivity index (χ2v) is 5.31. The molecule has 0 aliphatic carbocycles. The summed E-state index contributed by atoms with van der Waals surface area (Å²) in [4.78, 5) is 0. The van der Waals surface area contributed by atoms with Crippen LogP contribution in [0, 0.1) is 0 Å². The lowest BCUT2D eigenvalue weighted by Crippen LogP contribution is -2.42. The highest BCUT2D eigenvalue weighted by atomic mass is 79.9. The van der Waals surface area contributed by atoms with E-state index in [0.29, 0.717) is 6.04 Å². The second-order valence-electron chi connectivity index (χ2n) is 4.39. The van der Waals surface area contributed by atoms with Crippen LogP contribution in [0.5, 0.6) is 0 Å². The van der Waals surface area contributed by atoms with Crippen molar-refractivity contribution in [1.82, 2.24) is 5.32 Å². The Hall–Kier alpha value is -0.380. The maximum absolute atomic E-state index is 5.77. The average Bonchev–Trinajstić information content (AvgIpc) is 2.45. The molecule has 2 rings (SSSR count). The Balaban J connectivity index is 2.08. The molecule has 3 heteroatoms. The third-order valence-electron chi connectivity index (χ3n) is 2.63. The van der Waals surface area contributed by atoms with Crippen LogP contribution < -0.4 is 5.32 Å². The van der Waals surface area contributed by atoms with Gasteiger partial charge in [0.2, 0.25) is 0 Å². The predicted octanol–water partition coefficient (Wildman–Crippen LogP) is 2.72. The van der Waals surface area contributed by atoms with Crippen LogP contribution in [0.4, 0.5) is 0 Å². The van der Waals surface area contributed by atoms with Crippen molar-refractivity contribution in [2.24, 2.45) is 0 Å². The third-order valence-corrected chi connectivity index (χ3v) is 3.13. The Bertz CT molecular complexity index is 355. The largest absolute Gasteiger partial charge is 0.359 e. The van der Waals surface area contributed by atoms with E-state index < -0.39 is 0 Å². The second kappa shape index (κ2) is 4.24. The van der Waals surface area contributed by atoms with Crippen molar-refractivity contribution in [2.45, 2.75) is 32.0 Å². The SMILES string of the molecule is CC1COC(C)(Cc2cccc(Br)c2)N1. The summed E-state index contributed by atoms with van der Waals surface area (Å²) in [6.45, 7) is 5.05. The molecule has 2 unspecified atom stereocenters. The molecular formula is C12H16BrNO. The number of nitrogens with one attached hydrogen (secondary N) is 1. The van der Waals surface area contributed by atoms with E-state index in [-0.39, 0.29) is 5.72 Å². The highest BCUT2D eigenvalue weighted by Crippen LogP contribution is 2.22. The summed E-state index contributed by atoms with van der Waals surface area (Å²) >= 11 is 3.48. The standard InChI is InChI=1S/C12H16BrNO/c1-9-8-15-12(2,14-9)7-10-4-3-5-11(13)6-10/h3-6,9,14H,7-8H2,1-2H3. The molecule has 0 spiro atoms. The van der Waals surface area contributed by atoms with Gasteiger partial charge in [-0.25, -0.2) is 0 Å². The van der Waals surface area contributed by atoms with Crippen LogP contribution in [-0.4, -0.2) is 18.4 Å². The fraction of sp³-hybridized carbons (Fsp3) is 0.500. The van der Waals surface area contributed by atoms with Gasteiger partial charge in [0.25, 0.3) is 0 Å². The number of hydrogen-bond donors (Lipinski definition) is 1. The van der Waals surface area contributed by atoms with E-state index in [2.05, 4.69) is 53.3 Å². The van der Waals surface area contributed by atoms with Gasteiger partial charge in [0.05, 0.1) is 6.61 Å². The zero-order valence-electron chi connectivity index (χ0n) is 9.09. The molecule has 0 saturated carbocycles. The molecule has 1 aromatic carbocycles. The first-order valence-corrected chi connectivity index (χ1v) is 6.03. The van der Waals surface area contributed by atoms with Crippen molar-refractivity contribution in [3.63, 3.8) is 0 Å². The van der Waals surface area contributed by atoms with Crippen molar-refractivity contribution in [2.75, 3.05) is 6.61 Å². The zero-order chi connectivity index (χ0) is 10.9. The van der Waals surface area contributed by atoms with Gasteiger partial charge in [-0.05, 0) is 31.5 Å². The van der Waals surface area contributed by atoms with Crippen LogP contribution >= 0.6 is 15.9 Å². The fourth-order valence-electron chi connectivity index (χ4n) is 2.05. The van der Waals surface area contributed by atoms with E-state index in [1.165, 1.54) is 5.56 Å². The minimum Gasteiger partial charge on any atom is -0.359 e. The summed E-state index contributed by atoms with van der Waals surface area (Å²) < 4.78 is 6.89. The molecule has 0 amide bonds. The third kappa shape index (κ3) is 2.80. The Labute approximate surface area is 99.1 Å². The smallest absolute Gasteiger partial charge is 0.120 e. The Morgan fingerprint density at radius 2 is 2.40 bits per heavy atom. The molecule has 1 aromatic rings. The predicted molar refractivity (Wildman–Crippen MR) is 64.8 cm³/mol. The molecule has 1 N–H and O–H groups in total. The van der Waals surface area contributed by atoms with Crippen LogP contribution in [0.2, 0.25) is 0 Å². The maximum Gasteiger partial charge on any atom is 0.120 e. The van der Waals surface area contributed by atoms with Crippen molar-refractivity contribution >= 4 is 15.9 Å². The van der Waals surface area contributed by atoms with Gasteiger partial charge in [0.1, 0.15) is 5.72 Å². The molecule has 1 fully saturated rings. The first-order valence-electron chi connectivity index (χ1n) is 5.23. The van der Waals surface area contributed by atoms with Gasteiger partial charge in [0, 0.05) is 16.9 Å². The molecule has 1 heterocycles. The summed E-state index contributed by atoms with van der Waals surface area (Å²) in [5.41, 5.74) is 1.08. The number of halogens is 1. The molecule has 0 bridgehead atoms. The summed E-state index contributed by atoms with van der Waals surface area (Å²) in [7, 11) is 0. The number of ether oxygens (including phenoxy) is 1. The summed E-state index contributed by atoms with van der Waals surface area (Å²) in [5.74, 6) is 0. The normalized spacial score (nSPS) is 30.7. The van der Waals surface area contributed by atoms with E-state index in [4.69, 9.17) is 4.74 Å². The van der Waals surface area contributed by atoms with E-state index in [9.17, 15) is 0 Å². The molecule has 1 aliphatic rings. The maximum atomic E-state index is 5.77. The number of rotatable bonds is 2. The van der Waals surface area contributed by atoms with Crippen LogP contribution in [-0.2, 0) is 11.2 Å². The van der Waals surface area contributed by atoms with Crippen LogP contribution in [0.3, 0.4) is 0 Å². The van der Waals surface area contributed by atoms with Crippen molar-refractivity contribution in [1.29, 1.82) is 0 Å². The van der Waals surface area contributed by atoms with Gasteiger partial charge in [0.15, 0.2) is 0 Å². The lowest BCUT2D eigenvalue weighted by atomic mass is 10.0. The molecule has 0 radical (unpaired) electrons. The lowest BCUT2D eigenvalue weighted by molar-refractivity contribution is 0.00690. The number of hydrogen-bond acceptors (Lipinski definition) is 2. The van der Waals surface area contributed by atoms with Gasteiger partial charge < -0.3 is 4.74 Å². The first kappa shape index (κ1) is 11.1. The van der Waals surface area contributed by atoms with Crippen molar-refractivity contribution < 1.29 is 4.74 Å². The summed E-state index contributed by atoms with van der Waals surface area (Å²) in [6.07, 6.45) is 0.900. The van der Waals surface area contributed by atoms with Crippen molar-refractivity contribution in [3.8, 4) is 0 Å². The lowest BCUT2D eigenvalue weighted by Gasteiger charge is -2.24. The molecule has 15 heavy (non-hydrogen) atoms. The fourth-order valence-corrected chi connectivity index (χ4v) is 2.50. The quantitative estimate of drug-likeness (QED) is 0.892. The molecule has 2 nitrogen and oxygen atoms in total. The molecular weight excluding hydrogens is 254 g/mol. The van der Waals surface area contributed by atoms with Gasteiger partial charge in [-0.3, -0.25) is 5.32 Å². The minimum atomic E-state index is -0.208. The highest BCUT2D eigenvalue weighted by Gasteiger charge is 2.33. The molecule has 82 valence electrons. The molecule has 0 aromatic heterocycles. The topological polar surface area (TPSA) is 21.3 Å². The van der Waals surface area contributed by atoms with Gasteiger partial charge >= 0.3 is 0 Å². The van der Waals surface area contributed by atoms with Gasteiger partial charge in [-0.2, -0.15) is 0 Å². The first-order chi connectivity index (χ1) is 7.07. The van der Waals surface area contributed by atoms with Crippen molar-refractivity contribution in [3.05, 3.63) is 34.3 Å². The molecule has 1 aliphatic heterocycles. The Morgan fingerprint density at radius 1 is 1.60 bits per heavy atom. The van der Waals surface area contributed by atoms with Crippen LogP contribution in [0.25, 0.3) is 0 Å². The zero-order valence-corrected chi connectivity index (χ0v) is 10.7. The van der Waals surface area contributed by atoms with E-state index in [0.717, 1.165) is 17.5 Å². The van der Waals surface area contributed by atoms with Crippen LogP contribution in [0.1, 0.15) is 19.4 Å². The molecule has 1 saturated heterocycles. The number of benzene rings is 1. The van der Waals surface area contributed by atoms with Gasteiger partial charge in [-0.15, -0.1) is 0 Å². The summed E-state index contributed by atoms with van der Waals surface area (Å²) in [5, 5.41) is 3.46. The summed E-state index contributed by atoms with van der Waals surface area (Å²) in [6, 6.07) is 8.81. The Kier molecular flexibility index (Phi) is 3.14. The molecule has 2 atom stereocenters. The van der Waals surface area contributed by atoms with E-state index in [1.807, 2.05) is 6.07 Å². The monoisotopic (exact) mass is 269 g/mol. The minimum absolute atomic E-state index is 0.208. The average molecular weight is 270 g/mol. The Morgan fingerprint density at radius 3 is 3.00 bits per heavy atom. The van der Waals surface area contributed by atoms with E-state index in [1.54, 1.807) is 0 Å². The van der Waals surface area contributed by atoms with E-state index >= 15 is 0 Å². The van der Waals surface area contributed by atoms with Gasteiger partial charge in [-0.1, -0.05) is 28.1 Å². The van der Waals surface area contributed by atoms with Crippen LogP contribution in [0.15, 0.2) is 28.7 Å².